The van der Waals surface area contributed by atoms with E-state index in [1.807, 2.05) is 0 Å². The Morgan fingerprint density at radius 1 is 1.11 bits per heavy atom. The number of rotatable bonds is 5. The van der Waals surface area contributed by atoms with Gasteiger partial charge in [0, 0.05) is 41.7 Å². The molecule has 2 aromatic carbocycles. The third-order valence-electron chi connectivity index (χ3n) is 6.86. The number of likely N-dealkylation sites (tertiary alicyclic amines) is 1. The van der Waals surface area contributed by atoms with E-state index in [0.29, 0.717) is 54.5 Å². The zero-order chi connectivity index (χ0) is 24.7. The fraction of sp³-hybridized carbons (Fsp3) is 0.346. The predicted octanol–water partition coefficient (Wildman–Crippen LogP) is 4.88. The summed E-state index contributed by atoms with van der Waals surface area (Å²) in [5.74, 6) is -1.80. The lowest BCUT2D eigenvalue weighted by Crippen LogP contribution is -2.59. The summed E-state index contributed by atoms with van der Waals surface area (Å²) in [6, 6.07) is 10.2. The summed E-state index contributed by atoms with van der Waals surface area (Å²) in [6.45, 7) is 0.676. The van der Waals surface area contributed by atoms with Crippen LogP contribution in [0.3, 0.4) is 0 Å². The van der Waals surface area contributed by atoms with Crippen molar-refractivity contribution in [3.05, 3.63) is 63.7 Å². The molecule has 3 aromatic rings. The predicted molar refractivity (Wildman–Crippen MR) is 127 cm³/mol. The number of hydrogen-bond acceptors (Lipinski definition) is 5. The molecular weight excluding hydrogens is 477 g/mol. The fourth-order valence-electron chi connectivity index (χ4n) is 4.87. The average molecular weight is 500 g/mol. The van der Waals surface area contributed by atoms with Gasteiger partial charge in [-0.05, 0) is 62.4 Å². The van der Waals surface area contributed by atoms with Crippen LogP contribution in [0, 0.1) is 11.7 Å². The standard InChI is InChI=1S/C26H23ClFNO6/c27-21-11-16(28)4-6-18(21)20-13-23(30)34-22-12-17(5-7-19(20)22)35-26(8-2-9-26)25(33)29-10-1-3-15(14-29)24(31)32/h4-7,11-13,15H,1-3,8-10,14H2,(H,31,32)/t15-/m0/s1. The number of fused-ring (bicyclic) bond motifs is 1. The van der Waals surface area contributed by atoms with Crippen molar-refractivity contribution in [3.63, 3.8) is 0 Å². The molecule has 5 rings (SSSR count). The van der Waals surface area contributed by atoms with Crippen molar-refractivity contribution < 1.29 is 28.2 Å². The van der Waals surface area contributed by atoms with Gasteiger partial charge in [0.15, 0.2) is 5.60 Å². The number of halogens is 2. The van der Waals surface area contributed by atoms with E-state index in [0.717, 1.165) is 6.42 Å². The van der Waals surface area contributed by atoms with E-state index in [1.54, 1.807) is 23.1 Å². The molecule has 1 aliphatic carbocycles. The molecule has 1 aliphatic heterocycles. The Balaban J connectivity index is 1.46. The molecule has 1 amide bonds. The lowest BCUT2D eigenvalue weighted by molar-refractivity contribution is -0.160. The van der Waals surface area contributed by atoms with Crippen LogP contribution in [0.2, 0.25) is 5.02 Å². The molecule has 0 bridgehead atoms. The highest BCUT2D eigenvalue weighted by atomic mass is 35.5. The van der Waals surface area contributed by atoms with E-state index in [2.05, 4.69) is 0 Å². The zero-order valence-electron chi connectivity index (χ0n) is 18.8. The normalized spacial score (nSPS) is 19.3. The lowest BCUT2D eigenvalue weighted by atomic mass is 9.78. The fourth-order valence-corrected chi connectivity index (χ4v) is 5.14. The highest BCUT2D eigenvalue weighted by Gasteiger charge is 2.50. The molecule has 9 heteroatoms. The Kier molecular flexibility index (Phi) is 6.01. The average Bonchev–Trinajstić information content (AvgIpc) is 2.80. The zero-order valence-corrected chi connectivity index (χ0v) is 19.5. The van der Waals surface area contributed by atoms with Crippen LogP contribution in [-0.2, 0) is 9.59 Å². The maximum absolute atomic E-state index is 13.5. The van der Waals surface area contributed by atoms with Crippen LogP contribution >= 0.6 is 11.6 Å². The molecule has 2 fully saturated rings. The Morgan fingerprint density at radius 3 is 2.60 bits per heavy atom. The number of carbonyl (C=O) groups is 2. The number of piperidine rings is 1. The number of hydrogen-bond donors (Lipinski definition) is 1. The third-order valence-corrected chi connectivity index (χ3v) is 7.17. The summed E-state index contributed by atoms with van der Waals surface area (Å²) in [7, 11) is 0. The van der Waals surface area contributed by atoms with Crippen molar-refractivity contribution in [3.8, 4) is 16.9 Å². The molecule has 1 saturated carbocycles. The van der Waals surface area contributed by atoms with Crippen molar-refractivity contribution in [1.29, 1.82) is 0 Å². The summed E-state index contributed by atoms with van der Waals surface area (Å²) in [5, 5.41) is 10.1. The minimum atomic E-state index is -1.06. The number of benzene rings is 2. The number of carboxylic acid groups (broad SMARTS) is 1. The first-order valence-electron chi connectivity index (χ1n) is 11.5. The molecule has 1 N–H and O–H groups in total. The SMILES string of the molecule is O=C(O)[C@H]1CCCN(C(=O)C2(Oc3ccc4c(-c5ccc(F)cc5Cl)cc(=O)oc4c3)CCC2)C1. The van der Waals surface area contributed by atoms with Gasteiger partial charge in [-0.2, -0.15) is 0 Å². The van der Waals surface area contributed by atoms with Crippen molar-refractivity contribution in [1.82, 2.24) is 4.90 Å². The van der Waals surface area contributed by atoms with Gasteiger partial charge in [-0.3, -0.25) is 9.59 Å². The number of carboxylic acids is 1. The summed E-state index contributed by atoms with van der Waals surface area (Å²) in [6.07, 6.45) is 3.05. The van der Waals surface area contributed by atoms with Gasteiger partial charge in [-0.15, -0.1) is 0 Å². The largest absolute Gasteiger partial charge is 0.481 e. The summed E-state index contributed by atoms with van der Waals surface area (Å²) in [4.78, 5) is 38.7. The van der Waals surface area contributed by atoms with E-state index >= 15 is 0 Å². The van der Waals surface area contributed by atoms with Gasteiger partial charge in [0.2, 0.25) is 0 Å². The molecule has 2 heterocycles. The number of amides is 1. The Morgan fingerprint density at radius 2 is 1.91 bits per heavy atom. The first-order valence-corrected chi connectivity index (χ1v) is 11.9. The Labute approximate surface area is 205 Å². The van der Waals surface area contributed by atoms with Crippen LogP contribution in [-0.4, -0.2) is 40.6 Å². The summed E-state index contributed by atoms with van der Waals surface area (Å²) in [5.41, 5.74) is -0.436. The maximum atomic E-state index is 13.5. The number of nitrogens with zero attached hydrogens (tertiary/aromatic N) is 1. The Bertz CT molecular complexity index is 1380. The second-order valence-corrected chi connectivity index (χ2v) is 9.55. The summed E-state index contributed by atoms with van der Waals surface area (Å²) >= 11 is 6.22. The van der Waals surface area contributed by atoms with E-state index < -0.39 is 28.9 Å². The van der Waals surface area contributed by atoms with Gasteiger partial charge >= 0.3 is 11.6 Å². The van der Waals surface area contributed by atoms with Crippen molar-refractivity contribution in [2.45, 2.75) is 37.7 Å². The molecular formula is C26H23ClFNO6. The van der Waals surface area contributed by atoms with Gasteiger partial charge in [0.1, 0.15) is 17.1 Å². The molecule has 0 spiro atoms. The molecule has 1 atom stereocenters. The van der Waals surface area contributed by atoms with Crippen LogP contribution in [0.15, 0.2) is 51.7 Å². The molecule has 182 valence electrons. The molecule has 2 aliphatic rings. The number of ether oxygens (including phenoxy) is 1. The number of carbonyl (C=O) groups excluding carboxylic acids is 1. The minimum Gasteiger partial charge on any atom is -0.481 e. The Hall–Kier alpha value is -3.39. The van der Waals surface area contributed by atoms with Crippen molar-refractivity contribution in [2.24, 2.45) is 5.92 Å². The quantitative estimate of drug-likeness (QED) is 0.503. The van der Waals surface area contributed by atoms with Crippen LogP contribution in [0.5, 0.6) is 5.75 Å². The van der Waals surface area contributed by atoms with Gasteiger partial charge < -0.3 is 19.2 Å². The van der Waals surface area contributed by atoms with E-state index in [9.17, 15) is 23.9 Å². The molecule has 1 aromatic heterocycles. The van der Waals surface area contributed by atoms with E-state index in [4.69, 9.17) is 20.8 Å². The van der Waals surface area contributed by atoms with Gasteiger partial charge in [0.25, 0.3) is 5.91 Å². The first-order chi connectivity index (χ1) is 16.8. The highest BCUT2D eigenvalue weighted by molar-refractivity contribution is 6.33. The van der Waals surface area contributed by atoms with Gasteiger partial charge in [0.05, 0.1) is 10.9 Å². The van der Waals surface area contributed by atoms with Crippen molar-refractivity contribution >= 4 is 34.4 Å². The second kappa shape index (κ2) is 9.00. The van der Waals surface area contributed by atoms with Crippen molar-refractivity contribution in [2.75, 3.05) is 13.1 Å². The lowest BCUT2D eigenvalue weighted by Gasteiger charge is -2.44. The molecule has 7 nitrogen and oxygen atoms in total. The number of aliphatic carboxylic acids is 1. The monoisotopic (exact) mass is 499 g/mol. The molecule has 0 radical (unpaired) electrons. The van der Waals surface area contributed by atoms with Crippen LogP contribution < -0.4 is 10.4 Å². The molecule has 35 heavy (non-hydrogen) atoms. The maximum Gasteiger partial charge on any atom is 0.336 e. The van der Waals surface area contributed by atoms with E-state index in [-0.39, 0.29) is 23.1 Å². The van der Waals surface area contributed by atoms with Gasteiger partial charge in [-0.1, -0.05) is 11.6 Å². The second-order valence-electron chi connectivity index (χ2n) is 9.14. The minimum absolute atomic E-state index is 0.164. The van der Waals surface area contributed by atoms with Crippen LogP contribution in [0.25, 0.3) is 22.1 Å². The highest BCUT2D eigenvalue weighted by Crippen LogP contribution is 2.41. The first kappa shape index (κ1) is 23.4. The van der Waals surface area contributed by atoms with E-state index in [1.165, 1.54) is 24.3 Å². The van der Waals surface area contributed by atoms with Crippen LogP contribution in [0.4, 0.5) is 4.39 Å². The van der Waals surface area contributed by atoms with Gasteiger partial charge in [-0.25, -0.2) is 9.18 Å². The summed E-state index contributed by atoms with van der Waals surface area (Å²) < 4.78 is 25.1. The topological polar surface area (TPSA) is 97.0 Å². The smallest absolute Gasteiger partial charge is 0.336 e. The van der Waals surface area contributed by atoms with Crippen LogP contribution in [0.1, 0.15) is 32.1 Å². The third kappa shape index (κ3) is 4.38. The molecule has 0 unspecified atom stereocenters. The molecule has 1 saturated heterocycles.